The van der Waals surface area contributed by atoms with Crippen LogP contribution in [0.2, 0.25) is 0 Å². The van der Waals surface area contributed by atoms with Crippen LogP contribution in [0.5, 0.6) is 0 Å². The molecule has 1 rings (SSSR count). The van der Waals surface area contributed by atoms with Crippen LogP contribution in [-0.2, 0) is 0 Å². The van der Waals surface area contributed by atoms with Gasteiger partial charge in [-0.15, -0.1) is 0 Å². The molecule has 0 bridgehead atoms. The fourth-order valence-corrected chi connectivity index (χ4v) is 1.52. The molecule has 2 amide bonds. The molecule has 1 fully saturated rings. The van der Waals surface area contributed by atoms with Crippen molar-refractivity contribution in [2.75, 3.05) is 19.6 Å². The maximum Gasteiger partial charge on any atom is 0.317 e. The summed E-state index contributed by atoms with van der Waals surface area (Å²) in [4.78, 5) is 13.6. The number of urea groups is 1. The third-order valence-electron chi connectivity index (χ3n) is 2.14. The molecule has 0 aliphatic carbocycles. The van der Waals surface area contributed by atoms with Crippen molar-refractivity contribution in [2.45, 2.75) is 39.3 Å². The molecule has 82 valence electrons. The van der Waals surface area contributed by atoms with E-state index in [1.54, 1.807) is 0 Å². The molecule has 0 spiro atoms. The summed E-state index contributed by atoms with van der Waals surface area (Å²) in [6.07, 6.45) is 0. The minimum absolute atomic E-state index is 0.0471. The zero-order valence-electron chi connectivity index (χ0n) is 9.55. The number of amides is 2. The molecule has 14 heavy (non-hydrogen) atoms. The Morgan fingerprint density at radius 1 is 1.50 bits per heavy atom. The van der Waals surface area contributed by atoms with E-state index in [9.17, 15) is 4.79 Å². The van der Waals surface area contributed by atoms with E-state index in [4.69, 9.17) is 0 Å². The maximum atomic E-state index is 11.7. The monoisotopic (exact) mass is 199 g/mol. The number of nitrogens with zero attached hydrogens (tertiary/aromatic N) is 1. The topological polar surface area (TPSA) is 44.4 Å². The van der Waals surface area contributed by atoms with Crippen LogP contribution in [0.15, 0.2) is 0 Å². The van der Waals surface area contributed by atoms with Crippen molar-refractivity contribution < 1.29 is 4.79 Å². The molecule has 4 nitrogen and oxygen atoms in total. The smallest absolute Gasteiger partial charge is 0.317 e. The van der Waals surface area contributed by atoms with Gasteiger partial charge in [0.15, 0.2) is 0 Å². The molecule has 1 saturated heterocycles. The summed E-state index contributed by atoms with van der Waals surface area (Å²) >= 11 is 0. The molecule has 1 atom stereocenters. The van der Waals surface area contributed by atoms with Crippen LogP contribution in [0.25, 0.3) is 0 Å². The van der Waals surface area contributed by atoms with Crippen LogP contribution < -0.4 is 10.6 Å². The van der Waals surface area contributed by atoms with Gasteiger partial charge < -0.3 is 15.5 Å². The van der Waals surface area contributed by atoms with E-state index in [1.807, 2.05) is 25.7 Å². The second kappa shape index (κ2) is 4.17. The minimum Gasteiger partial charge on any atom is -0.333 e. The van der Waals surface area contributed by atoms with Crippen LogP contribution in [-0.4, -0.2) is 42.1 Å². The summed E-state index contributed by atoms with van der Waals surface area (Å²) in [5.74, 6) is 0. The lowest BCUT2D eigenvalue weighted by Crippen LogP contribution is -2.56. The minimum atomic E-state index is -0.148. The van der Waals surface area contributed by atoms with Crippen LogP contribution >= 0.6 is 0 Å². The number of carbonyl (C=O) groups is 1. The molecule has 0 radical (unpaired) electrons. The molecule has 2 N–H and O–H groups in total. The molecule has 0 unspecified atom stereocenters. The quantitative estimate of drug-likeness (QED) is 0.606. The molecule has 0 aromatic rings. The normalized spacial score (nSPS) is 23.4. The second-order valence-corrected chi connectivity index (χ2v) is 4.98. The average molecular weight is 199 g/mol. The Labute approximate surface area is 86.0 Å². The van der Waals surface area contributed by atoms with E-state index in [2.05, 4.69) is 17.6 Å². The van der Waals surface area contributed by atoms with Gasteiger partial charge in [0.05, 0.1) is 0 Å². The Kier molecular flexibility index (Phi) is 3.37. The fraction of sp³-hybridized carbons (Fsp3) is 0.900. The third-order valence-corrected chi connectivity index (χ3v) is 2.14. The number of rotatable bonds is 0. The van der Waals surface area contributed by atoms with E-state index in [0.29, 0.717) is 6.04 Å². The SMILES string of the molecule is C[C@@H]1CN(C(=O)NC(C)(C)C)CCN1. The van der Waals surface area contributed by atoms with E-state index in [1.165, 1.54) is 0 Å². The van der Waals surface area contributed by atoms with Gasteiger partial charge in [0.1, 0.15) is 0 Å². The molecule has 0 aromatic carbocycles. The number of hydrogen-bond donors (Lipinski definition) is 2. The Morgan fingerprint density at radius 2 is 2.14 bits per heavy atom. The predicted molar refractivity (Wildman–Crippen MR) is 57.3 cm³/mol. The standard InChI is InChI=1S/C10H21N3O/c1-8-7-13(6-5-11-8)9(14)12-10(2,3)4/h8,11H,5-7H2,1-4H3,(H,12,14)/t8-/m1/s1. The Hall–Kier alpha value is -0.770. The van der Waals surface area contributed by atoms with Gasteiger partial charge in [0.25, 0.3) is 0 Å². The van der Waals surface area contributed by atoms with Gasteiger partial charge in [0.2, 0.25) is 0 Å². The maximum absolute atomic E-state index is 11.7. The van der Waals surface area contributed by atoms with E-state index in [0.717, 1.165) is 19.6 Å². The van der Waals surface area contributed by atoms with Gasteiger partial charge in [0, 0.05) is 31.2 Å². The van der Waals surface area contributed by atoms with Crippen molar-refractivity contribution in [3.63, 3.8) is 0 Å². The van der Waals surface area contributed by atoms with E-state index < -0.39 is 0 Å². The molecule has 4 heteroatoms. The number of carbonyl (C=O) groups excluding carboxylic acids is 1. The average Bonchev–Trinajstić information content (AvgIpc) is 2.01. The summed E-state index contributed by atoms with van der Waals surface area (Å²) in [6, 6.07) is 0.445. The first-order valence-electron chi connectivity index (χ1n) is 5.19. The van der Waals surface area contributed by atoms with Gasteiger partial charge in [-0.25, -0.2) is 4.79 Å². The number of hydrogen-bond acceptors (Lipinski definition) is 2. The third kappa shape index (κ3) is 3.54. The van der Waals surface area contributed by atoms with Crippen molar-refractivity contribution >= 4 is 6.03 Å². The number of piperazine rings is 1. The molecule has 0 aromatic heterocycles. The highest BCUT2D eigenvalue weighted by Gasteiger charge is 2.23. The first kappa shape index (κ1) is 11.3. The van der Waals surface area contributed by atoms with Gasteiger partial charge in [-0.05, 0) is 27.7 Å². The second-order valence-electron chi connectivity index (χ2n) is 4.98. The lowest BCUT2D eigenvalue weighted by Gasteiger charge is -2.34. The van der Waals surface area contributed by atoms with Crippen molar-refractivity contribution in [1.29, 1.82) is 0 Å². The summed E-state index contributed by atoms with van der Waals surface area (Å²) in [5.41, 5.74) is -0.148. The predicted octanol–water partition coefficient (Wildman–Crippen LogP) is 0.788. The Balaban J connectivity index is 2.44. The molecule has 1 heterocycles. The van der Waals surface area contributed by atoms with Crippen molar-refractivity contribution in [2.24, 2.45) is 0 Å². The van der Waals surface area contributed by atoms with Gasteiger partial charge in [-0.3, -0.25) is 0 Å². The van der Waals surface area contributed by atoms with Crippen LogP contribution in [0, 0.1) is 0 Å². The van der Waals surface area contributed by atoms with Gasteiger partial charge >= 0.3 is 6.03 Å². The Morgan fingerprint density at radius 3 is 2.64 bits per heavy atom. The lowest BCUT2D eigenvalue weighted by molar-refractivity contribution is 0.171. The molecule has 1 aliphatic rings. The van der Waals surface area contributed by atoms with Crippen molar-refractivity contribution in [1.82, 2.24) is 15.5 Å². The van der Waals surface area contributed by atoms with Crippen LogP contribution in [0.3, 0.4) is 0 Å². The largest absolute Gasteiger partial charge is 0.333 e. The zero-order valence-corrected chi connectivity index (χ0v) is 9.55. The first-order chi connectivity index (χ1) is 6.38. The summed E-state index contributed by atoms with van der Waals surface area (Å²) in [5, 5.41) is 6.28. The van der Waals surface area contributed by atoms with E-state index >= 15 is 0 Å². The highest BCUT2D eigenvalue weighted by molar-refractivity contribution is 5.75. The lowest BCUT2D eigenvalue weighted by atomic mass is 10.1. The number of nitrogens with one attached hydrogen (secondary N) is 2. The summed E-state index contributed by atoms with van der Waals surface area (Å²) in [7, 11) is 0. The van der Waals surface area contributed by atoms with Gasteiger partial charge in [-0.2, -0.15) is 0 Å². The fourth-order valence-electron chi connectivity index (χ4n) is 1.52. The van der Waals surface area contributed by atoms with Crippen LogP contribution in [0.1, 0.15) is 27.7 Å². The first-order valence-corrected chi connectivity index (χ1v) is 5.19. The molecular formula is C10H21N3O. The molecular weight excluding hydrogens is 178 g/mol. The summed E-state index contributed by atoms with van der Waals surface area (Å²) in [6.45, 7) is 10.6. The van der Waals surface area contributed by atoms with Gasteiger partial charge in [-0.1, -0.05) is 0 Å². The van der Waals surface area contributed by atoms with E-state index in [-0.39, 0.29) is 11.6 Å². The van der Waals surface area contributed by atoms with Crippen molar-refractivity contribution in [3.05, 3.63) is 0 Å². The highest BCUT2D eigenvalue weighted by Crippen LogP contribution is 2.03. The molecule has 1 aliphatic heterocycles. The van der Waals surface area contributed by atoms with Crippen molar-refractivity contribution in [3.8, 4) is 0 Å². The zero-order chi connectivity index (χ0) is 10.8. The molecule has 0 saturated carbocycles. The Bertz CT molecular complexity index is 210. The van der Waals surface area contributed by atoms with Crippen LogP contribution in [0.4, 0.5) is 4.79 Å². The summed E-state index contributed by atoms with van der Waals surface area (Å²) < 4.78 is 0. The highest BCUT2D eigenvalue weighted by atomic mass is 16.2.